The first-order chi connectivity index (χ1) is 20.7. The van der Waals surface area contributed by atoms with Crippen LogP contribution in [0.25, 0.3) is 0 Å². The van der Waals surface area contributed by atoms with Crippen molar-refractivity contribution in [2.75, 3.05) is 43.3 Å². The normalized spacial score (nSPS) is 16.7. The molecule has 1 saturated carbocycles. The van der Waals surface area contributed by atoms with Crippen LogP contribution >= 0.6 is 23.2 Å². The Morgan fingerprint density at radius 3 is 2.49 bits per heavy atom. The van der Waals surface area contributed by atoms with Crippen molar-refractivity contribution in [2.24, 2.45) is 0 Å². The van der Waals surface area contributed by atoms with Crippen molar-refractivity contribution < 1.29 is 19.1 Å². The van der Waals surface area contributed by atoms with Gasteiger partial charge < -0.3 is 25.4 Å². The molecule has 1 aliphatic heterocycles. The Balaban J connectivity index is 1.36. The highest BCUT2D eigenvalue weighted by Crippen LogP contribution is 2.47. The summed E-state index contributed by atoms with van der Waals surface area (Å²) in [6, 6.07) is 9.25. The molecule has 3 aromatic rings. The molecule has 2 fully saturated rings. The van der Waals surface area contributed by atoms with E-state index in [1.807, 2.05) is 12.1 Å². The van der Waals surface area contributed by atoms with E-state index < -0.39 is 0 Å². The summed E-state index contributed by atoms with van der Waals surface area (Å²) in [6.45, 7) is 4.57. The van der Waals surface area contributed by atoms with Crippen molar-refractivity contribution in [1.29, 1.82) is 0 Å². The van der Waals surface area contributed by atoms with Gasteiger partial charge in [0, 0.05) is 30.3 Å². The fourth-order valence-electron chi connectivity index (χ4n) is 5.41. The minimum absolute atomic E-state index is 0.119. The van der Waals surface area contributed by atoms with E-state index in [9.17, 15) is 9.59 Å². The number of carbonyl (C=O) groups excluding carboxylic acids is 2. The Labute approximate surface area is 260 Å². The van der Waals surface area contributed by atoms with E-state index in [2.05, 4.69) is 38.6 Å². The van der Waals surface area contributed by atoms with Gasteiger partial charge in [-0.2, -0.15) is 0 Å². The third kappa shape index (κ3) is 6.71. The largest absolute Gasteiger partial charge is 0.495 e. The maximum absolute atomic E-state index is 13.3. The molecule has 1 saturated heterocycles. The third-order valence-corrected chi connectivity index (χ3v) is 8.90. The van der Waals surface area contributed by atoms with E-state index in [4.69, 9.17) is 32.7 Å². The van der Waals surface area contributed by atoms with Crippen molar-refractivity contribution in [2.45, 2.75) is 43.6 Å². The number of hydrogen-bond donors (Lipinski definition) is 3. The first-order valence-corrected chi connectivity index (χ1v) is 14.7. The predicted molar refractivity (Wildman–Crippen MR) is 169 cm³/mol. The minimum Gasteiger partial charge on any atom is -0.495 e. The molecule has 0 bridgehead atoms. The molecule has 0 radical (unpaired) electrons. The van der Waals surface area contributed by atoms with Gasteiger partial charge in [0.25, 0.3) is 0 Å². The molecule has 1 aliphatic carbocycles. The van der Waals surface area contributed by atoms with Gasteiger partial charge in [-0.15, -0.1) is 0 Å². The van der Waals surface area contributed by atoms with Crippen LogP contribution in [0.4, 0.5) is 23.0 Å². The molecular formula is C31H34Cl2N6O4. The number of rotatable bonds is 10. The summed E-state index contributed by atoms with van der Waals surface area (Å²) < 4.78 is 10.6. The summed E-state index contributed by atoms with van der Waals surface area (Å²) in [5.41, 5.74) is 3.10. The van der Waals surface area contributed by atoms with Crippen LogP contribution in [-0.2, 0) is 16.0 Å². The van der Waals surface area contributed by atoms with Crippen molar-refractivity contribution >= 4 is 58.0 Å². The van der Waals surface area contributed by atoms with Crippen molar-refractivity contribution in [3.63, 3.8) is 0 Å². The Morgan fingerprint density at radius 2 is 1.84 bits per heavy atom. The molecule has 2 aromatic carbocycles. The number of hydrogen-bond acceptors (Lipinski definition) is 8. The first kappa shape index (κ1) is 30.6. The summed E-state index contributed by atoms with van der Waals surface area (Å²) in [5.74, 6) is 1.26. The van der Waals surface area contributed by atoms with Gasteiger partial charge in [0.2, 0.25) is 11.8 Å². The summed E-state index contributed by atoms with van der Waals surface area (Å²) >= 11 is 13.0. The van der Waals surface area contributed by atoms with Gasteiger partial charge in [0.1, 0.15) is 29.5 Å². The molecule has 2 aliphatic rings. The molecule has 1 spiro atoms. The van der Waals surface area contributed by atoms with Crippen LogP contribution in [0.3, 0.4) is 0 Å². The summed E-state index contributed by atoms with van der Waals surface area (Å²) in [5, 5.41) is 10.3. The lowest BCUT2D eigenvalue weighted by atomic mass is 9.85. The van der Waals surface area contributed by atoms with E-state index in [0.29, 0.717) is 46.0 Å². The highest BCUT2D eigenvalue weighted by molar-refractivity contribution is 6.38. The van der Waals surface area contributed by atoms with E-state index in [1.165, 1.54) is 49.9 Å². The van der Waals surface area contributed by atoms with Crippen LogP contribution < -0.4 is 30.3 Å². The second-order valence-corrected chi connectivity index (χ2v) is 11.6. The van der Waals surface area contributed by atoms with Crippen LogP contribution in [0, 0.1) is 0 Å². The Morgan fingerprint density at radius 1 is 1.12 bits per heavy atom. The number of benzene rings is 2. The monoisotopic (exact) mass is 624 g/mol. The van der Waals surface area contributed by atoms with E-state index in [0.717, 1.165) is 19.4 Å². The van der Waals surface area contributed by atoms with Crippen molar-refractivity contribution in [3.8, 4) is 11.5 Å². The number of aromatic nitrogens is 2. The molecule has 1 unspecified atom stereocenters. The number of methoxy groups -OCH3 is 2. The lowest BCUT2D eigenvalue weighted by Gasteiger charge is -2.31. The second-order valence-electron chi connectivity index (χ2n) is 10.8. The zero-order chi connectivity index (χ0) is 30.7. The SMILES string of the molecule is C=CC(=O)Nc1cc(C2CCNC3(CC3)C2)ccc1Nc1cc(N(C)C(=O)Cc2c(Cl)c(OC)cc(OC)c2Cl)ncn1. The molecule has 12 heteroatoms. The molecule has 10 nitrogen and oxygen atoms in total. The molecule has 226 valence electrons. The average molecular weight is 626 g/mol. The lowest BCUT2D eigenvalue weighted by molar-refractivity contribution is -0.117. The van der Waals surface area contributed by atoms with E-state index in [1.54, 1.807) is 19.2 Å². The van der Waals surface area contributed by atoms with Gasteiger partial charge in [-0.25, -0.2) is 9.97 Å². The summed E-state index contributed by atoms with van der Waals surface area (Å²) in [4.78, 5) is 35.6. The summed E-state index contributed by atoms with van der Waals surface area (Å²) in [7, 11) is 4.55. The van der Waals surface area contributed by atoms with Gasteiger partial charge in [-0.1, -0.05) is 35.8 Å². The van der Waals surface area contributed by atoms with Crippen LogP contribution in [0.2, 0.25) is 10.0 Å². The highest BCUT2D eigenvalue weighted by Gasteiger charge is 2.46. The Hall–Kier alpha value is -3.86. The Bertz CT molecular complexity index is 1530. The first-order valence-electron chi connectivity index (χ1n) is 13.9. The fraction of sp³-hybridized carbons (Fsp3) is 0.355. The average Bonchev–Trinajstić information content (AvgIpc) is 3.77. The van der Waals surface area contributed by atoms with Crippen molar-refractivity contribution in [1.82, 2.24) is 15.3 Å². The van der Waals surface area contributed by atoms with Gasteiger partial charge in [-0.3, -0.25) is 14.5 Å². The lowest BCUT2D eigenvalue weighted by Crippen LogP contribution is -2.39. The predicted octanol–water partition coefficient (Wildman–Crippen LogP) is 5.87. The maximum atomic E-state index is 13.3. The van der Waals surface area contributed by atoms with Crippen molar-refractivity contribution in [3.05, 3.63) is 70.5 Å². The molecule has 1 atom stereocenters. The number of nitrogens with zero attached hydrogens (tertiary/aromatic N) is 3. The topological polar surface area (TPSA) is 118 Å². The third-order valence-electron chi connectivity index (χ3n) is 8.07. The number of carbonyl (C=O) groups is 2. The smallest absolute Gasteiger partial charge is 0.247 e. The number of ether oxygens (including phenoxy) is 2. The molecule has 1 aromatic heterocycles. The highest BCUT2D eigenvalue weighted by atomic mass is 35.5. The number of piperidine rings is 1. The number of halogens is 2. The van der Waals surface area contributed by atoms with E-state index >= 15 is 0 Å². The van der Waals surface area contributed by atoms with E-state index in [-0.39, 0.29) is 33.8 Å². The number of amides is 2. The second kappa shape index (κ2) is 12.8. The van der Waals surface area contributed by atoms with Gasteiger partial charge in [-0.05, 0) is 61.9 Å². The zero-order valence-electron chi connectivity index (χ0n) is 24.3. The quantitative estimate of drug-likeness (QED) is 0.240. The van der Waals surface area contributed by atoms with Gasteiger partial charge >= 0.3 is 0 Å². The number of nitrogens with one attached hydrogen (secondary N) is 3. The van der Waals surface area contributed by atoms with Gasteiger partial charge in [0.15, 0.2) is 0 Å². The number of likely N-dealkylation sites (N-methyl/N-ethyl adjacent to an activating group) is 1. The minimum atomic E-state index is -0.317. The standard InChI is InChI=1S/C31H34Cl2N6O4/c1-5-27(40)38-22-12-18(19-8-11-36-31(16-19)9-10-31)6-7-21(22)37-25-15-26(35-17-34-25)39(2)28(41)13-20-29(32)23(42-3)14-24(43-4)30(20)33/h5-7,12,14-15,17,19,36H,1,8-11,13,16H2,2-4H3,(H,38,40)(H,34,35,37). The molecule has 5 rings (SSSR count). The number of anilines is 4. The van der Waals surface area contributed by atoms with Gasteiger partial charge in [0.05, 0.1) is 42.1 Å². The van der Waals surface area contributed by atoms with Crippen LogP contribution in [0.15, 0.2) is 49.3 Å². The van der Waals surface area contributed by atoms with Crippen LogP contribution in [-0.4, -0.2) is 55.1 Å². The molecule has 3 N–H and O–H groups in total. The maximum Gasteiger partial charge on any atom is 0.247 e. The molecule has 2 amide bonds. The molecule has 43 heavy (non-hydrogen) atoms. The summed E-state index contributed by atoms with van der Waals surface area (Å²) in [6.07, 6.45) is 7.03. The van der Waals surface area contributed by atoms with Crippen LogP contribution in [0.1, 0.15) is 42.7 Å². The molecule has 2 heterocycles. The Kier molecular flexibility index (Phi) is 9.10. The molecular weight excluding hydrogens is 591 g/mol. The zero-order valence-corrected chi connectivity index (χ0v) is 25.8. The fourth-order valence-corrected chi connectivity index (χ4v) is 6.05. The van der Waals surface area contributed by atoms with Crippen LogP contribution in [0.5, 0.6) is 11.5 Å².